The van der Waals surface area contributed by atoms with Gasteiger partial charge in [0.05, 0.1) is 13.2 Å². The van der Waals surface area contributed by atoms with E-state index >= 15 is 0 Å². The minimum Gasteiger partial charge on any atom is -0.493 e. The predicted molar refractivity (Wildman–Crippen MR) is 66.7 cm³/mol. The summed E-state index contributed by atoms with van der Waals surface area (Å²) in [5, 5.41) is 4.23. The molecule has 0 aliphatic heterocycles. The first kappa shape index (κ1) is 12.0. The van der Waals surface area contributed by atoms with Crippen LogP contribution in [-0.2, 0) is 0 Å². The maximum Gasteiger partial charge on any atom is 0.336 e. The number of fused-ring (bicyclic) bond motifs is 1. The average molecular weight is 245 g/mol. The molecule has 0 amide bonds. The van der Waals surface area contributed by atoms with Crippen LogP contribution in [0.2, 0.25) is 0 Å². The molecule has 0 spiro atoms. The number of nitrogens with zero attached hydrogens (tertiary/aromatic N) is 3. The first-order valence-corrected chi connectivity index (χ1v) is 5.39. The summed E-state index contributed by atoms with van der Waals surface area (Å²) in [6.07, 6.45) is 0. The second-order valence-corrected chi connectivity index (χ2v) is 3.71. The largest absolute Gasteiger partial charge is 0.493 e. The Hall–Kier alpha value is -2.46. The van der Waals surface area contributed by atoms with E-state index in [4.69, 9.17) is 14.7 Å². The lowest BCUT2D eigenvalue weighted by molar-refractivity contribution is 0.328. The number of ether oxygens (including phenoxy) is 1. The van der Waals surface area contributed by atoms with Gasteiger partial charge in [-0.25, -0.2) is 4.79 Å². The summed E-state index contributed by atoms with van der Waals surface area (Å²) >= 11 is 0. The van der Waals surface area contributed by atoms with Crippen molar-refractivity contribution in [2.24, 2.45) is 5.11 Å². The van der Waals surface area contributed by atoms with E-state index in [-0.39, 0.29) is 18.8 Å². The summed E-state index contributed by atoms with van der Waals surface area (Å²) in [4.78, 5) is 13.9. The zero-order chi connectivity index (χ0) is 13.0. The first-order valence-electron chi connectivity index (χ1n) is 5.39. The normalized spacial score (nSPS) is 10.1. The van der Waals surface area contributed by atoms with Gasteiger partial charge in [0.25, 0.3) is 0 Å². The zero-order valence-corrected chi connectivity index (χ0v) is 9.79. The monoisotopic (exact) mass is 245 g/mol. The third kappa shape index (κ3) is 2.61. The van der Waals surface area contributed by atoms with Gasteiger partial charge in [-0.1, -0.05) is 5.11 Å². The maximum atomic E-state index is 11.3. The molecule has 1 aromatic heterocycles. The quantitative estimate of drug-likeness (QED) is 0.273. The molecule has 0 saturated heterocycles. The summed E-state index contributed by atoms with van der Waals surface area (Å²) in [5.41, 5.74) is 9.09. The van der Waals surface area contributed by atoms with E-state index in [0.29, 0.717) is 11.3 Å². The molecule has 1 heterocycles. The van der Waals surface area contributed by atoms with Gasteiger partial charge in [0.15, 0.2) is 0 Å². The van der Waals surface area contributed by atoms with Gasteiger partial charge in [-0.05, 0) is 30.2 Å². The first-order chi connectivity index (χ1) is 8.70. The molecule has 0 N–H and O–H groups in total. The van der Waals surface area contributed by atoms with Crippen LogP contribution in [0.15, 0.2) is 38.6 Å². The Bertz CT molecular complexity index is 672. The minimum absolute atomic E-state index is 0.256. The van der Waals surface area contributed by atoms with Gasteiger partial charge < -0.3 is 9.15 Å². The Balaban J connectivity index is 2.27. The van der Waals surface area contributed by atoms with E-state index in [0.717, 1.165) is 10.9 Å². The molecule has 0 unspecified atom stereocenters. The van der Waals surface area contributed by atoms with Crippen LogP contribution >= 0.6 is 0 Å². The molecule has 0 aliphatic rings. The molecule has 92 valence electrons. The molecule has 0 aliphatic carbocycles. The highest BCUT2D eigenvalue weighted by atomic mass is 16.5. The summed E-state index contributed by atoms with van der Waals surface area (Å²) in [6.45, 7) is 2.39. The van der Waals surface area contributed by atoms with Crippen molar-refractivity contribution < 1.29 is 9.15 Å². The van der Waals surface area contributed by atoms with Crippen molar-refractivity contribution in [2.45, 2.75) is 6.92 Å². The Labute approximate surface area is 102 Å². The molecule has 0 radical (unpaired) electrons. The lowest BCUT2D eigenvalue weighted by Gasteiger charge is -2.05. The number of aryl methyl sites for hydroxylation is 1. The second kappa shape index (κ2) is 5.25. The van der Waals surface area contributed by atoms with Crippen molar-refractivity contribution in [1.82, 2.24) is 0 Å². The van der Waals surface area contributed by atoms with Gasteiger partial charge in [-0.15, -0.1) is 0 Å². The van der Waals surface area contributed by atoms with Gasteiger partial charge in [0.1, 0.15) is 11.3 Å². The summed E-state index contributed by atoms with van der Waals surface area (Å²) in [5.74, 6) is 0.574. The Kier molecular flexibility index (Phi) is 3.50. The average Bonchev–Trinajstić information content (AvgIpc) is 2.34. The van der Waals surface area contributed by atoms with Crippen molar-refractivity contribution in [2.75, 3.05) is 13.2 Å². The highest BCUT2D eigenvalue weighted by Crippen LogP contribution is 2.22. The standard InChI is InChI=1S/C12H11N3O3/c1-8-6-12(16)18-11-7-9(2-3-10(8)11)17-5-4-14-15-13/h2-3,6-7H,4-5H2,1H3. The SMILES string of the molecule is Cc1cc(=O)oc2cc(OCCN=[N+]=[N-])ccc12. The van der Waals surface area contributed by atoms with Crippen LogP contribution < -0.4 is 10.4 Å². The lowest BCUT2D eigenvalue weighted by atomic mass is 10.1. The molecule has 2 aromatic rings. The van der Waals surface area contributed by atoms with Gasteiger partial charge in [-0.2, -0.15) is 0 Å². The van der Waals surface area contributed by atoms with Gasteiger partial charge >= 0.3 is 5.63 Å². The van der Waals surface area contributed by atoms with Gasteiger partial charge in [-0.3, -0.25) is 0 Å². The van der Waals surface area contributed by atoms with Crippen molar-refractivity contribution in [1.29, 1.82) is 0 Å². The molecule has 0 fully saturated rings. The van der Waals surface area contributed by atoms with E-state index in [1.54, 1.807) is 12.1 Å². The van der Waals surface area contributed by atoms with Gasteiger partial charge in [0.2, 0.25) is 0 Å². The number of hydrogen-bond donors (Lipinski definition) is 0. The van der Waals surface area contributed by atoms with E-state index < -0.39 is 0 Å². The van der Waals surface area contributed by atoms with Crippen LogP contribution in [0.5, 0.6) is 5.75 Å². The topological polar surface area (TPSA) is 88.2 Å². The summed E-state index contributed by atoms with van der Waals surface area (Å²) in [6, 6.07) is 6.71. The molecule has 18 heavy (non-hydrogen) atoms. The molecular weight excluding hydrogens is 234 g/mol. The van der Waals surface area contributed by atoms with E-state index in [2.05, 4.69) is 10.0 Å². The summed E-state index contributed by atoms with van der Waals surface area (Å²) in [7, 11) is 0. The van der Waals surface area contributed by atoms with Crippen LogP contribution in [0.3, 0.4) is 0 Å². The molecule has 6 heteroatoms. The molecule has 6 nitrogen and oxygen atoms in total. The highest BCUT2D eigenvalue weighted by Gasteiger charge is 2.03. The number of azide groups is 1. The third-order valence-electron chi connectivity index (χ3n) is 2.45. The Morgan fingerprint density at radius 1 is 1.44 bits per heavy atom. The zero-order valence-electron chi connectivity index (χ0n) is 9.79. The van der Waals surface area contributed by atoms with Gasteiger partial charge in [0, 0.05) is 22.4 Å². The number of hydrogen-bond acceptors (Lipinski definition) is 4. The highest BCUT2D eigenvalue weighted by molar-refractivity contribution is 5.81. The number of rotatable bonds is 4. The Morgan fingerprint density at radius 3 is 3.06 bits per heavy atom. The molecule has 0 saturated carbocycles. The fraction of sp³-hybridized carbons (Fsp3) is 0.250. The summed E-state index contributed by atoms with van der Waals surface area (Å²) < 4.78 is 10.5. The fourth-order valence-corrected chi connectivity index (χ4v) is 1.64. The predicted octanol–water partition coefficient (Wildman–Crippen LogP) is 2.79. The third-order valence-corrected chi connectivity index (χ3v) is 2.45. The van der Waals surface area contributed by atoms with Crippen LogP contribution in [-0.4, -0.2) is 13.2 Å². The van der Waals surface area contributed by atoms with Crippen molar-refractivity contribution in [3.05, 3.63) is 50.7 Å². The fourth-order valence-electron chi connectivity index (χ4n) is 1.64. The Morgan fingerprint density at radius 2 is 2.28 bits per heavy atom. The molecular formula is C12H11N3O3. The molecule has 0 atom stereocenters. The van der Waals surface area contributed by atoms with Crippen LogP contribution in [0.4, 0.5) is 0 Å². The number of benzene rings is 1. The van der Waals surface area contributed by atoms with Crippen LogP contribution in [0.1, 0.15) is 5.56 Å². The molecule has 1 aromatic carbocycles. The van der Waals surface area contributed by atoms with Crippen molar-refractivity contribution in [3.8, 4) is 5.75 Å². The molecule has 0 bridgehead atoms. The van der Waals surface area contributed by atoms with E-state index in [9.17, 15) is 4.79 Å². The molecule has 2 rings (SSSR count). The van der Waals surface area contributed by atoms with Crippen LogP contribution in [0, 0.1) is 6.92 Å². The van der Waals surface area contributed by atoms with Crippen molar-refractivity contribution >= 4 is 11.0 Å². The minimum atomic E-state index is -0.383. The smallest absolute Gasteiger partial charge is 0.336 e. The maximum absolute atomic E-state index is 11.3. The van der Waals surface area contributed by atoms with E-state index in [1.807, 2.05) is 13.0 Å². The van der Waals surface area contributed by atoms with E-state index in [1.165, 1.54) is 6.07 Å². The van der Waals surface area contributed by atoms with Crippen molar-refractivity contribution in [3.63, 3.8) is 0 Å². The lowest BCUT2D eigenvalue weighted by Crippen LogP contribution is -2.01. The second-order valence-electron chi connectivity index (χ2n) is 3.71. The van der Waals surface area contributed by atoms with Crippen LogP contribution in [0.25, 0.3) is 21.4 Å².